The minimum absolute atomic E-state index is 0.200. The molecule has 1 fully saturated rings. The average Bonchev–Trinajstić information content (AvgIpc) is 3.09. The third kappa shape index (κ3) is 3.17. The van der Waals surface area contributed by atoms with E-state index in [1.165, 1.54) is 18.5 Å². The third-order valence-corrected chi connectivity index (χ3v) is 4.84. The number of amides is 1. The van der Waals surface area contributed by atoms with E-state index in [9.17, 15) is 9.18 Å². The summed E-state index contributed by atoms with van der Waals surface area (Å²) >= 11 is 3.41. The van der Waals surface area contributed by atoms with E-state index in [1.807, 2.05) is 24.3 Å². The van der Waals surface area contributed by atoms with Gasteiger partial charge < -0.3 is 14.6 Å². The van der Waals surface area contributed by atoms with Crippen molar-refractivity contribution in [2.24, 2.45) is 0 Å². The summed E-state index contributed by atoms with van der Waals surface area (Å²) in [5.41, 5.74) is 2.27. The van der Waals surface area contributed by atoms with Gasteiger partial charge in [-0.1, -0.05) is 28.1 Å². The summed E-state index contributed by atoms with van der Waals surface area (Å²) < 4.78 is 20.6. The lowest BCUT2D eigenvalue weighted by atomic mass is 10.1. The zero-order valence-corrected chi connectivity index (χ0v) is 14.8. The summed E-state index contributed by atoms with van der Waals surface area (Å²) in [5.74, 6) is -0.695. The predicted molar refractivity (Wildman–Crippen MR) is 94.8 cm³/mol. The van der Waals surface area contributed by atoms with Crippen LogP contribution in [0.1, 0.15) is 22.0 Å². The van der Waals surface area contributed by atoms with Crippen LogP contribution in [0.25, 0.3) is 11.0 Å². The van der Waals surface area contributed by atoms with Crippen molar-refractivity contribution in [3.63, 3.8) is 0 Å². The van der Waals surface area contributed by atoms with Crippen LogP contribution in [-0.4, -0.2) is 40.5 Å². The second-order valence-corrected chi connectivity index (χ2v) is 6.83. The summed E-state index contributed by atoms with van der Waals surface area (Å²) in [7, 11) is 0. The summed E-state index contributed by atoms with van der Waals surface area (Å²) in [6, 6.07) is 10.4. The number of halogens is 2. The van der Waals surface area contributed by atoms with Crippen molar-refractivity contribution < 1.29 is 13.9 Å². The van der Waals surface area contributed by atoms with Crippen LogP contribution in [0, 0.1) is 5.82 Å². The summed E-state index contributed by atoms with van der Waals surface area (Å²) in [6.07, 6.45) is 1.26. The van der Waals surface area contributed by atoms with Gasteiger partial charge in [-0.25, -0.2) is 9.37 Å². The van der Waals surface area contributed by atoms with Crippen molar-refractivity contribution >= 4 is 32.9 Å². The molecule has 3 aromatic rings. The maximum absolute atomic E-state index is 13.8. The Morgan fingerprint density at radius 2 is 2.12 bits per heavy atom. The Balaban J connectivity index is 1.61. The lowest BCUT2D eigenvalue weighted by Crippen LogP contribution is -2.42. The molecule has 0 saturated carbocycles. The van der Waals surface area contributed by atoms with Crippen molar-refractivity contribution in [3.8, 4) is 0 Å². The first-order valence-corrected chi connectivity index (χ1v) is 8.70. The molecule has 0 radical (unpaired) electrons. The molecule has 1 aliphatic rings. The highest BCUT2D eigenvalue weighted by atomic mass is 79.9. The van der Waals surface area contributed by atoms with Crippen molar-refractivity contribution in [1.29, 1.82) is 0 Å². The van der Waals surface area contributed by atoms with Gasteiger partial charge >= 0.3 is 0 Å². The normalized spacial score (nSPS) is 17.8. The Hall–Kier alpha value is -2.25. The van der Waals surface area contributed by atoms with E-state index in [1.54, 1.807) is 4.90 Å². The van der Waals surface area contributed by atoms with Crippen LogP contribution in [0.15, 0.2) is 47.2 Å². The number of carbonyl (C=O) groups is 1. The Kier molecular flexibility index (Phi) is 4.27. The Morgan fingerprint density at radius 3 is 2.92 bits per heavy atom. The summed E-state index contributed by atoms with van der Waals surface area (Å²) in [5, 5.41) is 0. The van der Waals surface area contributed by atoms with Gasteiger partial charge in [0.05, 0.1) is 30.6 Å². The van der Waals surface area contributed by atoms with Crippen LogP contribution in [0.3, 0.4) is 0 Å². The van der Waals surface area contributed by atoms with Gasteiger partial charge in [-0.2, -0.15) is 0 Å². The van der Waals surface area contributed by atoms with Gasteiger partial charge in [0, 0.05) is 11.0 Å². The molecular formula is C18H15BrFN3O2. The number of nitrogens with one attached hydrogen (secondary N) is 1. The second-order valence-electron chi connectivity index (χ2n) is 5.91. The lowest BCUT2D eigenvalue weighted by molar-refractivity contribution is -0.0227. The van der Waals surface area contributed by atoms with E-state index in [2.05, 4.69) is 25.9 Å². The molecule has 5 nitrogen and oxygen atoms in total. The number of aromatic amines is 1. The molecule has 1 aromatic heterocycles. The smallest absolute Gasteiger partial charge is 0.256 e. The number of hydrogen-bond donors (Lipinski definition) is 1. The monoisotopic (exact) mass is 403 g/mol. The standard InChI is InChI=1S/C18H15BrFN3O2/c19-12-3-1-11(2-4-12)16-9-23(5-6-25-16)18(24)14-7-13(20)8-15-17(14)22-10-21-15/h1-4,7-8,10,16H,5-6,9H2,(H,21,22). The fraction of sp³-hybridized carbons (Fsp3) is 0.222. The molecule has 2 heterocycles. The van der Waals surface area contributed by atoms with E-state index in [-0.39, 0.29) is 17.6 Å². The Labute approximate surface area is 151 Å². The molecule has 128 valence electrons. The molecular weight excluding hydrogens is 389 g/mol. The topological polar surface area (TPSA) is 58.2 Å². The number of hydrogen-bond acceptors (Lipinski definition) is 3. The number of H-pyrrole nitrogens is 1. The van der Waals surface area contributed by atoms with Gasteiger partial charge in [0.2, 0.25) is 0 Å². The molecule has 1 saturated heterocycles. The molecule has 1 atom stereocenters. The fourth-order valence-electron chi connectivity index (χ4n) is 3.06. The van der Waals surface area contributed by atoms with E-state index < -0.39 is 5.82 Å². The van der Waals surface area contributed by atoms with Crippen molar-refractivity contribution in [3.05, 3.63) is 64.1 Å². The van der Waals surface area contributed by atoms with E-state index in [4.69, 9.17) is 4.74 Å². The van der Waals surface area contributed by atoms with E-state index in [0.717, 1.165) is 10.0 Å². The first-order valence-electron chi connectivity index (χ1n) is 7.91. The number of aromatic nitrogens is 2. The van der Waals surface area contributed by atoms with Gasteiger partial charge in [-0.05, 0) is 29.8 Å². The second kappa shape index (κ2) is 6.57. The maximum Gasteiger partial charge on any atom is 0.256 e. The van der Waals surface area contributed by atoms with Crippen LogP contribution >= 0.6 is 15.9 Å². The molecule has 1 unspecified atom stereocenters. The maximum atomic E-state index is 13.8. The van der Waals surface area contributed by atoms with E-state index in [0.29, 0.717) is 30.7 Å². The number of carbonyl (C=O) groups excluding carboxylic acids is 1. The number of imidazole rings is 1. The average molecular weight is 404 g/mol. The molecule has 0 bridgehead atoms. The number of ether oxygens (including phenoxy) is 1. The Morgan fingerprint density at radius 1 is 1.32 bits per heavy atom. The highest BCUT2D eigenvalue weighted by molar-refractivity contribution is 9.10. The number of fused-ring (bicyclic) bond motifs is 1. The minimum atomic E-state index is -0.460. The highest BCUT2D eigenvalue weighted by Crippen LogP contribution is 2.26. The molecule has 4 rings (SSSR count). The van der Waals surface area contributed by atoms with Gasteiger partial charge in [0.25, 0.3) is 5.91 Å². The molecule has 2 aromatic carbocycles. The molecule has 25 heavy (non-hydrogen) atoms. The minimum Gasteiger partial charge on any atom is -0.370 e. The molecule has 0 aliphatic carbocycles. The quantitative estimate of drug-likeness (QED) is 0.709. The van der Waals surface area contributed by atoms with Gasteiger partial charge in [-0.3, -0.25) is 4.79 Å². The van der Waals surface area contributed by atoms with Gasteiger partial charge in [0.15, 0.2) is 0 Å². The third-order valence-electron chi connectivity index (χ3n) is 4.31. The molecule has 1 amide bonds. The van der Waals surface area contributed by atoms with Gasteiger partial charge in [-0.15, -0.1) is 0 Å². The SMILES string of the molecule is O=C(c1cc(F)cc2[nH]cnc12)N1CCOC(c2ccc(Br)cc2)C1. The highest BCUT2D eigenvalue weighted by Gasteiger charge is 2.27. The molecule has 0 spiro atoms. The number of rotatable bonds is 2. The zero-order valence-electron chi connectivity index (χ0n) is 13.2. The van der Waals surface area contributed by atoms with Crippen LogP contribution in [0.4, 0.5) is 4.39 Å². The van der Waals surface area contributed by atoms with Crippen LogP contribution in [-0.2, 0) is 4.74 Å². The fourth-order valence-corrected chi connectivity index (χ4v) is 3.33. The first kappa shape index (κ1) is 16.2. The van der Waals surface area contributed by atoms with Crippen LogP contribution < -0.4 is 0 Å². The lowest BCUT2D eigenvalue weighted by Gasteiger charge is -2.33. The van der Waals surface area contributed by atoms with Crippen LogP contribution in [0.2, 0.25) is 0 Å². The molecule has 1 aliphatic heterocycles. The zero-order chi connectivity index (χ0) is 17.4. The predicted octanol–water partition coefficient (Wildman–Crippen LogP) is 3.68. The number of morpholine rings is 1. The van der Waals surface area contributed by atoms with E-state index >= 15 is 0 Å². The molecule has 7 heteroatoms. The summed E-state index contributed by atoms with van der Waals surface area (Å²) in [6.45, 7) is 1.32. The van der Waals surface area contributed by atoms with Crippen molar-refractivity contribution in [2.45, 2.75) is 6.10 Å². The summed E-state index contributed by atoms with van der Waals surface area (Å²) in [4.78, 5) is 21.6. The number of benzene rings is 2. The Bertz CT molecular complexity index is 926. The number of nitrogens with zero attached hydrogens (tertiary/aromatic N) is 2. The van der Waals surface area contributed by atoms with Crippen molar-refractivity contribution in [1.82, 2.24) is 14.9 Å². The largest absolute Gasteiger partial charge is 0.370 e. The van der Waals surface area contributed by atoms with Gasteiger partial charge in [0.1, 0.15) is 17.4 Å². The first-order chi connectivity index (χ1) is 12.1. The molecule has 1 N–H and O–H groups in total. The van der Waals surface area contributed by atoms with Crippen molar-refractivity contribution in [2.75, 3.05) is 19.7 Å². The van der Waals surface area contributed by atoms with Crippen LogP contribution in [0.5, 0.6) is 0 Å².